The molecule has 0 spiro atoms. The molecule has 1 aromatic rings. The maximum absolute atomic E-state index is 10.9. The van der Waals surface area contributed by atoms with Crippen molar-refractivity contribution in [1.29, 1.82) is 0 Å². The van der Waals surface area contributed by atoms with Gasteiger partial charge in [0, 0.05) is 6.42 Å². The molecule has 0 radical (unpaired) electrons. The molecule has 0 unspecified atom stereocenters. The highest BCUT2D eigenvalue weighted by molar-refractivity contribution is 7.89. The number of rotatable bonds is 6. The summed E-state index contributed by atoms with van der Waals surface area (Å²) in [7, 11) is -3.77. The van der Waals surface area contributed by atoms with Gasteiger partial charge in [0.25, 0.3) is 15.2 Å². The number of hydrogen-bond acceptors (Lipinski definition) is 4. The van der Waals surface area contributed by atoms with Gasteiger partial charge in [-0.1, -0.05) is 26.2 Å². The van der Waals surface area contributed by atoms with Crippen LogP contribution in [-0.2, 0) is 16.4 Å². The van der Waals surface area contributed by atoms with E-state index in [4.69, 9.17) is 5.14 Å². The highest BCUT2D eigenvalue weighted by Gasteiger charge is 2.13. The fraction of sp³-hybridized carbons (Fsp3) is 0.750. The number of hydrogen-bond donors (Lipinski definition) is 2. The van der Waals surface area contributed by atoms with Gasteiger partial charge in [-0.15, -0.1) is 5.10 Å². The SMILES string of the molecule is CCCCCCc1nc(S(N)(=O)=O)n[nH]1. The number of aromatic nitrogens is 3. The van der Waals surface area contributed by atoms with Crippen LogP contribution in [0, 0.1) is 0 Å². The Balaban J connectivity index is 2.47. The predicted molar refractivity (Wildman–Crippen MR) is 55.6 cm³/mol. The van der Waals surface area contributed by atoms with E-state index in [-0.39, 0.29) is 5.16 Å². The summed E-state index contributed by atoms with van der Waals surface area (Å²) in [6, 6.07) is 0. The zero-order valence-electron chi connectivity index (χ0n) is 8.73. The van der Waals surface area contributed by atoms with Crippen molar-refractivity contribution in [3.8, 4) is 0 Å². The molecule has 0 bridgehead atoms. The van der Waals surface area contributed by atoms with Crippen molar-refractivity contribution in [3.63, 3.8) is 0 Å². The molecule has 0 aliphatic rings. The number of nitrogens with one attached hydrogen (secondary N) is 1. The Labute approximate surface area is 89.3 Å². The van der Waals surface area contributed by atoms with Gasteiger partial charge in [-0.25, -0.2) is 18.5 Å². The highest BCUT2D eigenvalue weighted by atomic mass is 32.2. The molecule has 3 N–H and O–H groups in total. The molecule has 0 aromatic carbocycles. The van der Waals surface area contributed by atoms with Gasteiger partial charge in [0.2, 0.25) is 0 Å². The van der Waals surface area contributed by atoms with E-state index < -0.39 is 10.0 Å². The van der Waals surface area contributed by atoms with Gasteiger partial charge < -0.3 is 0 Å². The topological polar surface area (TPSA) is 102 Å². The minimum absolute atomic E-state index is 0.326. The van der Waals surface area contributed by atoms with Crippen LogP contribution < -0.4 is 5.14 Å². The molecule has 0 saturated heterocycles. The molecule has 1 rings (SSSR count). The van der Waals surface area contributed by atoms with E-state index in [1.807, 2.05) is 0 Å². The average Bonchev–Trinajstić information content (AvgIpc) is 2.60. The van der Waals surface area contributed by atoms with Crippen LogP contribution in [0.25, 0.3) is 0 Å². The maximum atomic E-state index is 10.9. The molecule has 1 aromatic heterocycles. The summed E-state index contributed by atoms with van der Waals surface area (Å²) >= 11 is 0. The van der Waals surface area contributed by atoms with Crippen molar-refractivity contribution >= 4 is 10.0 Å². The smallest absolute Gasteiger partial charge is 0.262 e. The molecule has 0 amide bonds. The lowest BCUT2D eigenvalue weighted by molar-refractivity contribution is 0.589. The van der Waals surface area contributed by atoms with Gasteiger partial charge in [0.1, 0.15) is 5.82 Å². The zero-order valence-corrected chi connectivity index (χ0v) is 9.55. The summed E-state index contributed by atoms with van der Waals surface area (Å²) in [5.41, 5.74) is 0. The number of primary sulfonamides is 1. The largest absolute Gasteiger partial charge is 0.282 e. The van der Waals surface area contributed by atoms with Gasteiger partial charge in [-0.2, -0.15) is 0 Å². The van der Waals surface area contributed by atoms with Gasteiger partial charge in [-0.3, -0.25) is 5.10 Å². The van der Waals surface area contributed by atoms with E-state index in [0.717, 1.165) is 12.8 Å². The highest BCUT2D eigenvalue weighted by Crippen LogP contribution is 2.05. The van der Waals surface area contributed by atoms with Crippen molar-refractivity contribution in [1.82, 2.24) is 15.2 Å². The zero-order chi connectivity index (χ0) is 11.3. The summed E-state index contributed by atoms with van der Waals surface area (Å²) in [5.74, 6) is 0.579. The minimum atomic E-state index is -3.77. The van der Waals surface area contributed by atoms with Crippen LogP contribution in [0.3, 0.4) is 0 Å². The third-order valence-corrected chi connectivity index (χ3v) is 2.72. The summed E-state index contributed by atoms with van der Waals surface area (Å²) in [4.78, 5) is 3.80. The van der Waals surface area contributed by atoms with Gasteiger partial charge in [-0.05, 0) is 6.42 Å². The fourth-order valence-electron chi connectivity index (χ4n) is 1.24. The van der Waals surface area contributed by atoms with Crippen molar-refractivity contribution in [3.05, 3.63) is 5.82 Å². The molecule has 15 heavy (non-hydrogen) atoms. The first-order chi connectivity index (χ1) is 7.04. The molecule has 86 valence electrons. The van der Waals surface area contributed by atoms with Gasteiger partial charge in [0.05, 0.1) is 0 Å². The van der Waals surface area contributed by atoms with Crippen LogP contribution in [0.5, 0.6) is 0 Å². The van der Waals surface area contributed by atoms with Gasteiger partial charge >= 0.3 is 0 Å². The predicted octanol–water partition coefficient (Wildman–Crippen LogP) is 0.575. The Hall–Kier alpha value is -0.950. The van der Waals surface area contributed by atoms with Crippen LogP contribution >= 0.6 is 0 Å². The Morgan fingerprint density at radius 2 is 2.07 bits per heavy atom. The molecule has 0 saturated carbocycles. The molecular weight excluding hydrogens is 216 g/mol. The third kappa shape index (κ3) is 3.96. The van der Waals surface area contributed by atoms with Crippen molar-refractivity contribution in [2.24, 2.45) is 5.14 Å². The number of sulfonamides is 1. The second kappa shape index (κ2) is 5.22. The number of nitrogens with two attached hydrogens (primary N) is 1. The van der Waals surface area contributed by atoms with E-state index in [9.17, 15) is 8.42 Å². The number of aromatic amines is 1. The van der Waals surface area contributed by atoms with Crippen molar-refractivity contribution in [2.75, 3.05) is 0 Å². The Morgan fingerprint density at radius 1 is 1.33 bits per heavy atom. The molecule has 0 fully saturated rings. The first-order valence-electron chi connectivity index (χ1n) is 4.98. The Kier molecular flexibility index (Phi) is 4.22. The lowest BCUT2D eigenvalue weighted by Crippen LogP contribution is -2.13. The summed E-state index contributed by atoms with van der Waals surface area (Å²) in [5, 5.41) is 10.7. The van der Waals surface area contributed by atoms with Gasteiger partial charge in [0.15, 0.2) is 0 Å². The van der Waals surface area contributed by atoms with Crippen LogP contribution in [0.4, 0.5) is 0 Å². The van der Waals surface area contributed by atoms with Crippen LogP contribution in [0.1, 0.15) is 38.4 Å². The maximum Gasteiger partial charge on any atom is 0.282 e. The summed E-state index contributed by atoms with van der Waals surface area (Å²) in [6.45, 7) is 2.13. The molecule has 7 heteroatoms. The molecular formula is C8H16N4O2S. The fourth-order valence-corrected chi connectivity index (χ4v) is 1.65. The number of nitrogens with zero attached hydrogens (tertiary/aromatic N) is 2. The average molecular weight is 232 g/mol. The number of aryl methyl sites for hydroxylation is 1. The van der Waals surface area contributed by atoms with Crippen molar-refractivity contribution < 1.29 is 8.42 Å². The standard InChI is InChI=1S/C8H16N4O2S/c1-2-3-4-5-6-7-10-8(12-11-7)15(9,13)14/h2-6H2,1H3,(H2,9,13,14)(H,10,11,12). The molecule has 1 heterocycles. The lowest BCUT2D eigenvalue weighted by Gasteiger charge is -1.95. The van der Waals surface area contributed by atoms with Crippen LogP contribution in [0.2, 0.25) is 0 Å². The van der Waals surface area contributed by atoms with Crippen molar-refractivity contribution in [2.45, 2.75) is 44.2 Å². The first-order valence-corrected chi connectivity index (χ1v) is 6.52. The first kappa shape index (κ1) is 12.1. The Bertz CT molecular complexity index is 399. The summed E-state index contributed by atoms with van der Waals surface area (Å²) in [6.07, 6.45) is 5.15. The minimum Gasteiger partial charge on any atom is -0.262 e. The summed E-state index contributed by atoms with van der Waals surface area (Å²) < 4.78 is 21.7. The second-order valence-corrected chi connectivity index (χ2v) is 4.88. The Morgan fingerprint density at radius 3 is 2.60 bits per heavy atom. The third-order valence-electron chi connectivity index (χ3n) is 2.03. The molecule has 6 nitrogen and oxygen atoms in total. The van der Waals surface area contributed by atoms with E-state index in [1.165, 1.54) is 12.8 Å². The normalized spacial score (nSPS) is 11.9. The molecule has 0 aliphatic heterocycles. The molecule has 0 aliphatic carbocycles. The molecule has 0 atom stereocenters. The monoisotopic (exact) mass is 232 g/mol. The van der Waals surface area contributed by atoms with E-state index in [1.54, 1.807) is 0 Å². The van der Waals surface area contributed by atoms with Crippen LogP contribution in [-0.4, -0.2) is 23.6 Å². The van der Waals surface area contributed by atoms with E-state index >= 15 is 0 Å². The quantitative estimate of drug-likeness (QED) is 0.700. The second-order valence-electron chi connectivity index (χ2n) is 3.42. The lowest BCUT2D eigenvalue weighted by atomic mass is 10.1. The number of H-pyrrole nitrogens is 1. The van der Waals surface area contributed by atoms with E-state index in [2.05, 4.69) is 22.1 Å². The van der Waals surface area contributed by atoms with Crippen LogP contribution in [0.15, 0.2) is 5.16 Å². The number of unbranched alkanes of at least 4 members (excludes halogenated alkanes) is 3. The van der Waals surface area contributed by atoms with E-state index in [0.29, 0.717) is 12.2 Å².